The van der Waals surface area contributed by atoms with Gasteiger partial charge < -0.3 is 15.0 Å². The topological polar surface area (TPSA) is 53.1 Å². The van der Waals surface area contributed by atoms with Crippen LogP contribution < -0.4 is 10.5 Å². The molecule has 0 aliphatic heterocycles. The van der Waals surface area contributed by atoms with E-state index >= 15 is 0 Å². The van der Waals surface area contributed by atoms with Crippen molar-refractivity contribution in [2.45, 2.75) is 13.0 Å². The molecule has 96 valence electrons. The van der Waals surface area contributed by atoms with Crippen LogP contribution >= 0.6 is 0 Å². The molecular formula is C13H16FN3O. The summed E-state index contributed by atoms with van der Waals surface area (Å²) in [4.78, 5) is 4.20. The molecule has 0 fully saturated rings. The highest BCUT2D eigenvalue weighted by atomic mass is 19.1. The Bertz CT molecular complexity index is 525. The lowest BCUT2D eigenvalue weighted by molar-refractivity contribution is 0.383. The number of hydrogen-bond acceptors (Lipinski definition) is 3. The van der Waals surface area contributed by atoms with Crippen LogP contribution in [-0.2, 0) is 13.0 Å². The summed E-state index contributed by atoms with van der Waals surface area (Å²) in [5, 5.41) is 0. The first-order valence-corrected chi connectivity index (χ1v) is 5.76. The van der Waals surface area contributed by atoms with Crippen molar-refractivity contribution in [2.24, 2.45) is 5.73 Å². The lowest BCUT2D eigenvalue weighted by atomic mass is 10.2. The van der Waals surface area contributed by atoms with E-state index in [0.717, 1.165) is 12.1 Å². The molecule has 0 aliphatic carbocycles. The van der Waals surface area contributed by atoms with Gasteiger partial charge in [-0.25, -0.2) is 9.37 Å². The smallest absolute Gasteiger partial charge is 0.170 e. The fourth-order valence-corrected chi connectivity index (χ4v) is 1.80. The van der Waals surface area contributed by atoms with E-state index in [1.165, 1.54) is 7.11 Å². The molecule has 0 unspecified atom stereocenters. The summed E-state index contributed by atoms with van der Waals surface area (Å²) in [5.74, 6) is -0.0659. The fourth-order valence-electron chi connectivity index (χ4n) is 1.80. The van der Waals surface area contributed by atoms with Crippen molar-refractivity contribution >= 4 is 0 Å². The van der Waals surface area contributed by atoms with Crippen LogP contribution in [0.1, 0.15) is 11.3 Å². The maximum Gasteiger partial charge on any atom is 0.170 e. The van der Waals surface area contributed by atoms with Gasteiger partial charge in [0.2, 0.25) is 0 Å². The molecule has 0 aliphatic rings. The molecule has 4 nitrogen and oxygen atoms in total. The number of halogens is 1. The first-order valence-electron chi connectivity index (χ1n) is 5.76. The van der Waals surface area contributed by atoms with Crippen LogP contribution in [0.3, 0.4) is 0 Å². The Hall–Kier alpha value is -1.88. The summed E-state index contributed by atoms with van der Waals surface area (Å²) in [6.45, 7) is 0.991. The van der Waals surface area contributed by atoms with E-state index in [9.17, 15) is 4.39 Å². The van der Waals surface area contributed by atoms with Gasteiger partial charge >= 0.3 is 0 Å². The molecule has 1 heterocycles. The Balaban J connectivity index is 2.17. The van der Waals surface area contributed by atoms with Crippen LogP contribution in [0.2, 0.25) is 0 Å². The number of ether oxygens (including phenoxy) is 1. The van der Waals surface area contributed by atoms with Crippen LogP contribution in [0.5, 0.6) is 5.75 Å². The Kier molecular flexibility index (Phi) is 3.94. The van der Waals surface area contributed by atoms with Gasteiger partial charge in [-0.05, 0) is 12.6 Å². The highest BCUT2D eigenvalue weighted by Crippen LogP contribution is 2.20. The molecule has 1 aromatic heterocycles. The van der Waals surface area contributed by atoms with Crippen molar-refractivity contribution in [3.05, 3.63) is 47.8 Å². The summed E-state index contributed by atoms with van der Waals surface area (Å²) in [6.07, 6.45) is 4.29. The van der Waals surface area contributed by atoms with Gasteiger partial charge in [0.25, 0.3) is 0 Å². The van der Waals surface area contributed by atoms with Gasteiger partial charge in [-0.3, -0.25) is 0 Å². The average molecular weight is 249 g/mol. The van der Waals surface area contributed by atoms with Gasteiger partial charge in [0.05, 0.1) is 25.7 Å². The average Bonchev–Trinajstić information content (AvgIpc) is 2.80. The number of nitrogens with zero attached hydrogens (tertiary/aromatic N) is 2. The SMILES string of the molecule is COc1cccc(Cn2cnc(CCN)c2)c1F. The lowest BCUT2D eigenvalue weighted by Gasteiger charge is -2.07. The van der Waals surface area contributed by atoms with E-state index in [-0.39, 0.29) is 11.6 Å². The third-order valence-corrected chi connectivity index (χ3v) is 2.70. The van der Waals surface area contributed by atoms with Gasteiger partial charge in [0.15, 0.2) is 11.6 Å². The van der Waals surface area contributed by atoms with Crippen LogP contribution in [0.25, 0.3) is 0 Å². The number of nitrogens with two attached hydrogens (primary N) is 1. The van der Waals surface area contributed by atoms with E-state index in [4.69, 9.17) is 10.5 Å². The second-order valence-corrected chi connectivity index (χ2v) is 4.01. The molecule has 0 bridgehead atoms. The first-order chi connectivity index (χ1) is 8.74. The van der Waals surface area contributed by atoms with Crippen LogP contribution in [0.15, 0.2) is 30.7 Å². The summed E-state index contributed by atoms with van der Waals surface area (Å²) >= 11 is 0. The molecule has 0 spiro atoms. The van der Waals surface area contributed by atoms with Crippen molar-refractivity contribution in [1.29, 1.82) is 0 Å². The molecule has 0 amide bonds. The van der Waals surface area contributed by atoms with Crippen molar-refractivity contribution in [3.8, 4) is 5.75 Å². The second kappa shape index (κ2) is 5.64. The van der Waals surface area contributed by atoms with Crippen molar-refractivity contribution in [3.63, 3.8) is 0 Å². The van der Waals surface area contributed by atoms with E-state index < -0.39 is 0 Å². The molecule has 5 heteroatoms. The summed E-state index contributed by atoms with van der Waals surface area (Å²) in [6, 6.07) is 5.11. The van der Waals surface area contributed by atoms with E-state index in [1.54, 1.807) is 24.5 Å². The van der Waals surface area contributed by atoms with Crippen LogP contribution in [0, 0.1) is 5.82 Å². The predicted molar refractivity (Wildman–Crippen MR) is 67.0 cm³/mol. The van der Waals surface area contributed by atoms with Crippen LogP contribution in [-0.4, -0.2) is 23.2 Å². The van der Waals surface area contributed by atoms with Gasteiger partial charge in [-0.15, -0.1) is 0 Å². The van der Waals surface area contributed by atoms with Gasteiger partial charge in [0.1, 0.15) is 0 Å². The maximum atomic E-state index is 13.9. The molecule has 18 heavy (non-hydrogen) atoms. The normalized spacial score (nSPS) is 10.6. The third-order valence-electron chi connectivity index (χ3n) is 2.70. The Labute approximate surface area is 105 Å². The zero-order valence-electron chi connectivity index (χ0n) is 10.3. The fraction of sp³-hybridized carbons (Fsp3) is 0.308. The molecule has 0 radical (unpaired) electrons. The number of hydrogen-bond donors (Lipinski definition) is 1. The van der Waals surface area contributed by atoms with Gasteiger partial charge in [-0.2, -0.15) is 0 Å². The molecule has 0 saturated carbocycles. The highest BCUT2D eigenvalue weighted by molar-refractivity contribution is 5.31. The van der Waals surface area contributed by atoms with E-state index in [0.29, 0.717) is 18.7 Å². The standard InChI is InChI=1S/C13H16FN3O/c1-18-12-4-2-3-10(13(12)14)7-17-8-11(5-6-15)16-9-17/h2-4,8-9H,5-7,15H2,1H3. The van der Waals surface area contributed by atoms with Gasteiger partial charge in [-0.1, -0.05) is 12.1 Å². The second-order valence-electron chi connectivity index (χ2n) is 4.01. The lowest BCUT2D eigenvalue weighted by Crippen LogP contribution is -2.03. The molecule has 2 aromatic rings. The molecule has 0 saturated heterocycles. The van der Waals surface area contributed by atoms with E-state index in [2.05, 4.69) is 4.98 Å². The number of rotatable bonds is 5. The number of methoxy groups -OCH3 is 1. The summed E-state index contributed by atoms with van der Waals surface area (Å²) in [5.41, 5.74) is 6.95. The minimum atomic E-state index is -0.325. The molecule has 0 atom stereocenters. The molecule has 2 N–H and O–H groups in total. The summed E-state index contributed by atoms with van der Waals surface area (Å²) < 4.78 is 20.7. The number of imidazole rings is 1. The molecule has 2 rings (SSSR count). The minimum Gasteiger partial charge on any atom is -0.494 e. The largest absolute Gasteiger partial charge is 0.494 e. The number of aromatic nitrogens is 2. The Morgan fingerprint density at radius 3 is 3.00 bits per heavy atom. The maximum absolute atomic E-state index is 13.9. The van der Waals surface area contributed by atoms with Crippen molar-refractivity contribution in [1.82, 2.24) is 9.55 Å². The predicted octanol–water partition coefficient (Wildman–Crippen LogP) is 1.58. The van der Waals surface area contributed by atoms with Crippen molar-refractivity contribution in [2.75, 3.05) is 13.7 Å². The van der Waals surface area contributed by atoms with Crippen LogP contribution in [0.4, 0.5) is 4.39 Å². The Morgan fingerprint density at radius 2 is 2.28 bits per heavy atom. The van der Waals surface area contributed by atoms with E-state index in [1.807, 2.05) is 10.8 Å². The van der Waals surface area contributed by atoms with Crippen molar-refractivity contribution < 1.29 is 9.13 Å². The quantitative estimate of drug-likeness (QED) is 0.875. The zero-order valence-corrected chi connectivity index (χ0v) is 10.3. The molecular weight excluding hydrogens is 233 g/mol. The first kappa shape index (κ1) is 12.6. The third kappa shape index (κ3) is 2.68. The molecule has 1 aromatic carbocycles. The number of benzene rings is 1. The minimum absolute atomic E-state index is 0.259. The Morgan fingerprint density at radius 1 is 1.44 bits per heavy atom. The highest BCUT2D eigenvalue weighted by Gasteiger charge is 2.09. The monoisotopic (exact) mass is 249 g/mol. The summed E-state index contributed by atoms with van der Waals surface area (Å²) in [7, 11) is 1.46. The zero-order chi connectivity index (χ0) is 13.0. The van der Waals surface area contributed by atoms with Gasteiger partial charge in [0, 0.05) is 18.2 Å².